The van der Waals surface area contributed by atoms with Crippen LogP contribution >= 0.6 is 11.3 Å². The molecule has 0 radical (unpaired) electrons. The minimum atomic E-state index is -0.152. The Hall–Kier alpha value is -1.26. The summed E-state index contributed by atoms with van der Waals surface area (Å²) in [6.45, 7) is 3.75. The highest BCUT2D eigenvalue weighted by Crippen LogP contribution is 2.16. The molecule has 0 atom stereocenters. The van der Waals surface area contributed by atoms with Gasteiger partial charge in [-0.25, -0.2) is 9.37 Å². The fraction of sp³-hybridized carbons (Fsp3) is 0.308. The lowest BCUT2D eigenvalue weighted by atomic mass is 10.1. The van der Waals surface area contributed by atoms with Crippen LogP contribution in [0.3, 0.4) is 0 Å². The van der Waals surface area contributed by atoms with Crippen LogP contribution in [0.25, 0.3) is 0 Å². The van der Waals surface area contributed by atoms with Crippen LogP contribution in [-0.2, 0) is 13.0 Å². The number of nitrogens with zero attached hydrogens (tertiary/aromatic N) is 1. The van der Waals surface area contributed by atoms with Crippen molar-refractivity contribution in [3.8, 4) is 0 Å². The van der Waals surface area contributed by atoms with Gasteiger partial charge < -0.3 is 5.32 Å². The van der Waals surface area contributed by atoms with E-state index in [4.69, 9.17) is 0 Å². The fourth-order valence-electron chi connectivity index (χ4n) is 1.65. The summed E-state index contributed by atoms with van der Waals surface area (Å²) in [7, 11) is 0. The van der Waals surface area contributed by atoms with Crippen LogP contribution in [0, 0.1) is 5.82 Å². The number of halogens is 1. The third kappa shape index (κ3) is 3.35. The highest BCUT2D eigenvalue weighted by molar-refractivity contribution is 7.09. The van der Waals surface area contributed by atoms with Crippen molar-refractivity contribution in [3.63, 3.8) is 0 Å². The number of nitrogens with one attached hydrogen (secondary N) is 1. The van der Waals surface area contributed by atoms with Crippen LogP contribution in [0.5, 0.6) is 0 Å². The van der Waals surface area contributed by atoms with Gasteiger partial charge in [0.25, 0.3) is 0 Å². The molecule has 1 aromatic heterocycles. The molecule has 0 saturated heterocycles. The Morgan fingerprint density at radius 2 is 2.29 bits per heavy atom. The Balaban J connectivity index is 2.14. The Morgan fingerprint density at radius 1 is 1.41 bits per heavy atom. The van der Waals surface area contributed by atoms with Crippen molar-refractivity contribution in [1.29, 1.82) is 0 Å². The Bertz CT molecular complexity index is 468. The average molecular weight is 250 g/mol. The van der Waals surface area contributed by atoms with Crippen molar-refractivity contribution in [1.82, 2.24) is 10.3 Å². The van der Waals surface area contributed by atoms with Crippen molar-refractivity contribution >= 4 is 11.3 Å². The summed E-state index contributed by atoms with van der Waals surface area (Å²) >= 11 is 1.56. The highest BCUT2D eigenvalue weighted by atomic mass is 32.1. The normalized spacial score (nSPS) is 10.7. The molecular formula is C13H15FN2S. The summed E-state index contributed by atoms with van der Waals surface area (Å²) < 4.78 is 13.6. The minimum absolute atomic E-state index is 0.152. The van der Waals surface area contributed by atoms with Gasteiger partial charge in [0, 0.05) is 24.5 Å². The molecule has 90 valence electrons. The standard InChI is InChI=1S/C13H15FN2S/c1-2-15-9-10-3-4-12(14)11(7-10)8-13-16-5-6-17-13/h3-7,15H,2,8-9H2,1H3. The molecule has 0 fully saturated rings. The average Bonchev–Trinajstić information content (AvgIpc) is 2.83. The van der Waals surface area contributed by atoms with Crippen molar-refractivity contribution in [2.75, 3.05) is 6.54 Å². The predicted molar refractivity (Wildman–Crippen MR) is 68.7 cm³/mol. The number of rotatable bonds is 5. The van der Waals surface area contributed by atoms with Gasteiger partial charge in [0.15, 0.2) is 0 Å². The maximum absolute atomic E-state index is 13.6. The first-order chi connectivity index (χ1) is 8.29. The molecule has 17 heavy (non-hydrogen) atoms. The second-order valence-corrected chi connectivity index (χ2v) is 4.79. The molecule has 0 spiro atoms. The van der Waals surface area contributed by atoms with Gasteiger partial charge >= 0.3 is 0 Å². The molecule has 0 saturated carbocycles. The molecule has 1 N–H and O–H groups in total. The van der Waals surface area contributed by atoms with E-state index in [9.17, 15) is 4.39 Å². The third-order valence-electron chi connectivity index (χ3n) is 2.51. The second kappa shape index (κ2) is 5.89. The zero-order valence-corrected chi connectivity index (χ0v) is 10.6. The molecule has 0 aliphatic rings. The molecule has 0 amide bonds. The van der Waals surface area contributed by atoms with E-state index in [0.29, 0.717) is 6.42 Å². The first-order valence-electron chi connectivity index (χ1n) is 5.66. The van der Waals surface area contributed by atoms with Crippen molar-refractivity contribution in [2.45, 2.75) is 19.9 Å². The number of aromatic nitrogens is 1. The number of benzene rings is 1. The smallest absolute Gasteiger partial charge is 0.126 e. The summed E-state index contributed by atoms with van der Waals surface area (Å²) in [6, 6.07) is 5.28. The van der Waals surface area contributed by atoms with Gasteiger partial charge in [0.05, 0.1) is 5.01 Å². The molecule has 4 heteroatoms. The second-order valence-electron chi connectivity index (χ2n) is 3.81. The van der Waals surface area contributed by atoms with Crippen molar-refractivity contribution < 1.29 is 4.39 Å². The van der Waals surface area contributed by atoms with Gasteiger partial charge in [0.1, 0.15) is 5.82 Å². The maximum Gasteiger partial charge on any atom is 0.126 e. The topological polar surface area (TPSA) is 24.9 Å². The van der Waals surface area contributed by atoms with E-state index in [-0.39, 0.29) is 5.82 Å². The van der Waals surface area contributed by atoms with Gasteiger partial charge in [-0.3, -0.25) is 0 Å². The van der Waals surface area contributed by atoms with Crippen LogP contribution in [0.1, 0.15) is 23.1 Å². The fourth-order valence-corrected chi connectivity index (χ4v) is 2.29. The lowest BCUT2D eigenvalue weighted by Gasteiger charge is -2.06. The molecule has 0 aliphatic carbocycles. The number of hydrogen-bond donors (Lipinski definition) is 1. The molecule has 1 aromatic carbocycles. The molecule has 0 aliphatic heterocycles. The van der Waals surface area contributed by atoms with Gasteiger partial charge in [0.2, 0.25) is 0 Å². The van der Waals surface area contributed by atoms with Gasteiger partial charge in [-0.15, -0.1) is 11.3 Å². The summed E-state index contributed by atoms with van der Waals surface area (Å²) in [5.74, 6) is -0.152. The van der Waals surface area contributed by atoms with Crippen LogP contribution in [-0.4, -0.2) is 11.5 Å². The van der Waals surface area contributed by atoms with E-state index in [1.165, 1.54) is 6.07 Å². The Kier molecular flexibility index (Phi) is 4.23. The molecule has 0 bridgehead atoms. The first kappa shape index (κ1) is 12.2. The summed E-state index contributed by atoms with van der Waals surface area (Å²) in [5, 5.41) is 6.10. The van der Waals surface area contributed by atoms with Gasteiger partial charge in [-0.2, -0.15) is 0 Å². The van der Waals surface area contributed by atoms with E-state index in [1.807, 2.05) is 17.5 Å². The van der Waals surface area contributed by atoms with E-state index in [2.05, 4.69) is 17.2 Å². The summed E-state index contributed by atoms with van der Waals surface area (Å²) in [4.78, 5) is 4.18. The van der Waals surface area contributed by atoms with Crippen LogP contribution in [0.4, 0.5) is 4.39 Å². The monoisotopic (exact) mass is 250 g/mol. The number of hydrogen-bond acceptors (Lipinski definition) is 3. The largest absolute Gasteiger partial charge is 0.313 e. The van der Waals surface area contributed by atoms with E-state index >= 15 is 0 Å². The van der Waals surface area contributed by atoms with Crippen molar-refractivity contribution in [2.24, 2.45) is 0 Å². The molecule has 1 heterocycles. The zero-order valence-electron chi connectivity index (χ0n) is 9.74. The summed E-state index contributed by atoms with van der Waals surface area (Å²) in [5.41, 5.74) is 1.83. The summed E-state index contributed by atoms with van der Waals surface area (Å²) in [6.07, 6.45) is 2.32. The Labute approximate surface area is 105 Å². The van der Waals surface area contributed by atoms with E-state index in [0.717, 1.165) is 29.2 Å². The van der Waals surface area contributed by atoms with Crippen LogP contribution in [0.15, 0.2) is 29.8 Å². The third-order valence-corrected chi connectivity index (χ3v) is 3.29. The van der Waals surface area contributed by atoms with E-state index < -0.39 is 0 Å². The lowest BCUT2D eigenvalue weighted by Crippen LogP contribution is -2.12. The molecule has 2 nitrogen and oxygen atoms in total. The van der Waals surface area contributed by atoms with Crippen LogP contribution in [0.2, 0.25) is 0 Å². The minimum Gasteiger partial charge on any atom is -0.313 e. The lowest BCUT2D eigenvalue weighted by molar-refractivity contribution is 0.611. The maximum atomic E-state index is 13.6. The molecule has 0 unspecified atom stereocenters. The van der Waals surface area contributed by atoms with Crippen LogP contribution < -0.4 is 5.32 Å². The first-order valence-corrected chi connectivity index (χ1v) is 6.54. The molecule has 2 aromatic rings. The highest BCUT2D eigenvalue weighted by Gasteiger charge is 2.06. The predicted octanol–water partition coefficient (Wildman–Crippen LogP) is 2.98. The quantitative estimate of drug-likeness (QED) is 0.882. The van der Waals surface area contributed by atoms with Gasteiger partial charge in [-0.1, -0.05) is 19.1 Å². The van der Waals surface area contributed by atoms with Crippen molar-refractivity contribution in [3.05, 3.63) is 51.7 Å². The molecular weight excluding hydrogens is 235 g/mol. The molecule has 2 rings (SSSR count). The zero-order chi connectivity index (χ0) is 12.1. The number of thiazole rings is 1. The van der Waals surface area contributed by atoms with Gasteiger partial charge in [-0.05, 0) is 23.7 Å². The SMILES string of the molecule is CCNCc1ccc(F)c(Cc2nccs2)c1. The Morgan fingerprint density at radius 3 is 3.00 bits per heavy atom. The van der Waals surface area contributed by atoms with E-state index in [1.54, 1.807) is 17.5 Å².